The summed E-state index contributed by atoms with van der Waals surface area (Å²) in [5.41, 5.74) is 2.27. The summed E-state index contributed by atoms with van der Waals surface area (Å²) >= 11 is 1.48. The standard InChI is InChI=1S/C21H24N2O3S/c1-21(2)9-14-19(15(24)10-21)18(13(11-22)20(23-14)27-5)12-6-7-16(25-3)17(8-12)26-4/h6-8,13,18H,9-10H2,1-5H3. The van der Waals surface area contributed by atoms with Crippen molar-refractivity contribution in [2.75, 3.05) is 20.5 Å². The van der Waals surface area contributed by atoms with Crippen LogP contribution in [0.2, 0.25) is 0 Å². The molecule has 6 heteroatoms. The SMILES string of the molecule is COc1ccc(C2C3=C(CC(C)(C)CC3=O)N=C(SC)C2C#N)cc1OC. The summed E-state index contributed by atoms with van der Waals surface area (Å²) in [6.07, 6.45) is 3.13. The molecule has 1 aliphatic heterocycles. The Morgan fingerprint density at radius 3 is 2.52 bits per heavy atom. The molecule has 0 N–H and O–H groups in total. The maximum absolute atomic E-state index is 13.1. The van der Waals surface area contributed by atoms with Crippen molar-refractivity contribution in [2.45, 2.75) is 32.6 Å². The maximum Gasteiger partial charge on any atom is 0.161 e. The molecule has 0 bridgehead atoms. The Balaban J connectivity index is 2.20. The fraction of sp³-hybridized carbons (Fsp3) is 0.476. The van der Waals surface area contributed by atoms with Gasteiger partial charge in [-0.2, -0.15) is 5.26 Å². The number of nitriles is 1. The van der Waals surface area contributed by atoms with Gasteiger partial charge in [0.15, 0.2) is 17.3 Å². The summed E-state index contributed by atoms with van der Waals surface area (Å²) < 4.78 is 10.8. The molecule has 2 unspecified atom stereocenters. The van der Waals surface area contributed by atoms with E-state index in [1.54, 1.807) is 14.2 Å². The highest BCUT2D eigenvalue weighted by Gasteiger charge is 2.44. The van der Waals surface area contributed by atoms with Crippen molar-refractivity contribution in [1.82, 2.24) is 0 Å². The second-order valence-electron chi connectivity index (χ2n) is 7.65. The largest absolute Gasteiger partial charge is 0.493 e. The lowest BCUT2D eigenvalue weighted by Crippen LogP contribution is -2.35. The molecule has 0 saturated heterocycles. The van der Waals surface area contributed by atoms with Crippen LogP contribution in [0.5, 0.6) is 11.5 Å². The molecule has 142 valence electrons. The molecule has 0 amide bonds. The highest BCUT2D eigenvalue weighted by Crippen LogP contribution is 2.49. The minimum absolute atomic E-state index is 0.0881. The number of benzene rings is 1. The van der Waals surface area contributed by atoms with E-state index in [-0.39, 0.29) is 17.1 Å². The van der Waals surface area contributed by atoms with Crippen LogP contribution in [0.1, 0.15) is 38.2 Å². The number of thioether (sulfide) groups is 1. The van der Waals surface area contributed by atoms with Gasteiger partial charge in [0, 0.05) is 23.6 Å². The quantitative estimate of drug-likeness (QED) is 0.775. The lowest BCUT2D eigenvalue weighted by Gasteiger charge is -2.38. The number of nitrogens with zero attached hydrogens (tertiary/aromatic N) is 2. The van der Waals surface area contributed by atoms with Gasteiger partial charge < -0.3 is 9.47 Å². The van der Waals surface area contributed by atoms with E-state index >= 15 is 0 Å². The number of ether oxygens (including phenoxy) is 2. The van der Waals surface area contributed by atoms with Gasteiger partial charge in [-0.3, -0.25) is 4.79 Å². The molecular weight excluding hydrogens is 360 g/mol. The molecule has 5 nitrogen and oxygen atoms in total. The van der Waals surface area contributed by atoms with E-state index in [0.717, 1.165) is 22.7 Å². The molecule has 0 radical (unpaired) electrons. The predicted octanol–water partition coefficient (Wildman–Crippen LogP) is 4.35. The van der Waals surface area contributed by atoms with Crippen LogP contribution in [-0.2, 0) is 4.79 Å². The molecule has 0 fully saturated rings. The molecule has 3 rings (SSSR count). The van der Waals surface area contributed by atoms with Gasteiger partial charge in [-0.1, -0.05) is 19.9 Å². The molecule has 0 spiro atoms. The fourth-order valence-corrected chi connectivity index (χ4v) is 4.62. The zero-order valence-corrected chi connectivity index (χ0v) is 17.1. The van der Waals surface area contributed by atoms with E-state index in [0.29, 0.717) is 23.5 Å². The van der Waals surface area contributed by atoms with Crippen molar-refractivity contribution in [2.24, 2.45) is 16.3 Å². The Hall–Kier alpha value is -2.26. The van der Waals surface area contributed by atoms with Crippen LogP contribution in [0.15, 0.2) is 34.5 Å². The van der Waals surface area contributed by atoms with E-state index in [2.05, 4.69) is 19.9 Å². The number of rotatable bonds is 3. The number of carbonyl (C=O) groups is 1. The average Bonchev–Trinajstić information content (AvgIpc) is 2.64. The number of Topliss-reactive ketones (excluding diaryl/α,β-unsaturated/α-hetero) is 1. The van der Waals surface area contributed by atoms with Crippen LogP contribution < -0.4 is 9.47 Å². The molecule has 2 atom stereocenters. The van der Waals surface area contributed by atoms with Crippen LogP contribution >= 0.6 is 11.8 Å². The predicted molar refractivity (Wildman–Crippen MR) is 107 cm³/mol. The zero-order chi connectivity index (χ0) is 19.8. The van der Waals surface area contributed by atoms with Crippen molar-refractivity contribution < 1.29 is 14.3 Å². The van der Waals surface area contributed by atoms with E-state index in [9.17, 15) is 10.1 Å². The molecule has 1 aromatic carbocycles. The molecule has 0 saturated carbocycles. The van der Waals surface area contributed by atoms with Gasteiger partial charge in [0.25, 0.3) is 0 Å². The van der Waals surface area contributed by atoms with Gasteiger partial charge in [0.1, 0.15) is 5.92 Å². The van der Waals surface area contributed by atoms with Crippen molar-refractivity contribution in [3.63, 3.8) is 0 Å². The molecule has 2 aliphatic rings. The van der Waals surface area contributed by atoms with E-state index < -0.39 is 5.92 Å². The minimum Gasteiger partial charge on any atom is -0.493 e. The summed E-state index contributed by atoms with van der Waals surface area (Å²) in [4.78, 5) is 17.8. The average molecular weight is 385 g/mol. The number of hydrogen-bond donors (Lipinski definition) is 0. The smallest absolute Gasteiger partial charge is 0.161 e. The number of aliphatic imine (C=N–C) groups is 1. The Bertz CT molecular complexity index is 880. The third-order valence-corrected chi connectivity index (χ3v) is 5.93. The maximum atomic E-state index is 13.1. The van der Waals surface area contributed by atoms with E-state index in [1.807, 2.05) is 24.5 Å². The van der Waals surface area contributed by atoms with Crippen molar-refractivity contribution in [1.29, 1.82) is 5.26 Å². The first-order valence-corrected chi connectivity index (χ1v) is 10.1. The lowest BCUT2D eigenvalue weighted by atomic mass is 9.68. The number of hydrogen-bond acceptors (Lipinski definition) is 6. The zero-order valence-electron chi connectivity index (χ0n) is 16.3. The normalized spacial score (nSPS) is 24.0. The molecule has 1 aromatic rings. The first-order chi connectivity index (χ1) is 12.8. The number of methoxy groups -OCH3 is 2. The van der Waals surface area contributed by atoms with Crippen LogP contribution in [0.25, 0.3) is 0 Å². The van der Waals surface area contributed by atoms with Gasteiger partial charge in [-0.05, 0) is 35.8 Å². The van der Waals surface area contributed by atoms with Crippen molar-refractivity contribution in [3.05, 3.63) is 35.0 Å². The van der Waals surface area contributed by atoms with Crippen LogP contribution in [-0.4, -0.2) is 31.3 Å². The topological polar surface area (TPSA) is 71.7 Å². The van der Waals surface area contributed by atoms with Gasteiger partial charge in [-0.25, -0.2) is 4.99 Å². The second kappa shape index (κ2) is 7.40. The third kappa shape index (κ3) is 3.49. The van der Waals surface area contributed by atoms with Gasteiger partial charge in [0.2, 0.25) is 0 Å². The Labute approximate surface area is 164 Å². The number of ketones is 1. The highest BCUT2D eigenvalue weighted by molar-refractivity contribution is 8.13. The monoisotopic (exact) mass is 384 g/mol. The van der Waals surface area contributed by atoms with Crippen LogP contribution in [0.4, 0.5) is 0 Å². The van der Waals surface area contributed by atoms with Crippen molar-refractivity contribution >= 4 is 22.6 Å². The molecule has 1 heterocycles. The van der Waals surface area contributed by atoms with E-state index in [1.165, 1.54) is 11.8 Å². The Morgan fingerprint density at radius 1 is 1.22 bits per heavy atom. The summed E-state index contributed by atoms with van der Waals surface area (Å²) in [6.45, 7) is 4.18. The van der Waals surface area contributed by atoms with Gasteiger partial charge in [0.05, 0.1) is 25.3 Å². The van der Waals surface area contributed by atoms with Gasteiger partial charge in [-0.15, -0.1) is 11.8 Å². The van der Waals surface area contributed by atoms with Crippen molar-refractivity contribution in [3.8, 4) is 17.6 Å². The summed E-state index contributed by atoms with van der Waals surface area (Å²) in [5.74, 6) is 0.473. The summed E-state index contributed by atoms with van der Waals surface area (Å²) in [6, 6.07) is 7.99. The summed E-state index contributed by atoms with van der Waals surface area (Å²) in [7, 11) is 3.17. The minimum atomic E-state index is -0.484. The summed E-state index contributed by atoms with van der Waals surface area (Å²) in [5, 5.41) is 10.7. The number of allylic oxidation sites excluding steroid dienone is 2. The van der Waals surface area contributed by atoms with Gasteiger partial charge >= 0.3 is 0 Å². The second-order valence-corrected chi connectivity index (χ2v) is 8.48. The molecule has 0 aromatic heterocycles. The van der Waals surface area contributed by atoms with Crippen LogP contribution in [0, 0.1) is 22.7 Å². The molecule has 27 heavy (non-hydrogen) atoms. The number of carbonyl (C=O) groups excluding carboxylic acids is 1. The lowest BCUT2D eigenvalue weighted by molar-refractivity contribution is -0.118. The first kappa shape index (κ1) is 19.5. The van der Waals surface area contributed by atoms with E-state index in [4.69, 9.17) is 14.5 Å². The first-order valence-electron chi connectivity index (χ1n) is 8.85. The third-order valence-electron chi connectivity index (χ3n) is 5.17. The Kier molecular flexibility index (Phi) is 5.34. The molecule has 1 aliphatic carbocycles. The highest BCUT2D eigenvalue weighted by atomic mass is 32.2. The fourth-order valence-electron chi connectivity index (χ4n) is 3.97. The van der Waals surface area contributed by atoms with Crippen LogP contribution in [0.3, 0.4) is 0 Å². The Morgan fingerprint density at radius 2 is 1.93 bits per heavy atom. The molecular formula is C21H24N2O3S.